The van der Waals surface area contributed by atoms with Crippen molar-refractivity contribution < 1.29 is 9.59 Å². The van der Waals surface area contributed by atoms with Crippen LogP contribution in [0.15, 0.2) is 83.4 Å². The quantitative estimate of drug-likeness (QED) is 0.352. The van der Waals surface area contributed by atoms with Crippen LogP contribution >= 0.6 is 23.4 Å². The van der Waals surface area contributed by atoms with Crippen LogP contribution in [-0.2, 0) is 16.0 Å². The molecule has 3 aromatic rings. The van der Waals surface area contributed by atoms with Crippen molar-refractivity contribution in [3.63, 3.8) is 0 Å². The van der Waals surface area contributed by atoms with Crippen LogP contribution in [0, 0.1) is 25.2 Å². The van der Waals surface area contributed by atoms with Crippen LogP contribution in [0.1, 0.15) is 16.7 Å². The summed E-state index contributed by atoms with van der Waals surface area (Å²) in [6.07, 6.45) is 0.425. The molecule has 1 aliphatic rings. The van der Waals surface area contributed by atoms with E-state index in [-0.39, 0.29) is 11.5 Å². The van der Waals surface area contributed by atoms with Crippen molar-refractivity contribution in [3.8, 4) is 6.07 Å². The molecule has 2 amide bonds. The molecular formula is C27H22ClN3O2S. The van der Waals surface area contributed by atoms with Crippen LogP contribution < -0.4 is 10.2 Å². The molecule has 34 heavy (non-hydrogen) atoms. The third kappa shape index (κ3) is 5.17. The molecule has 0 aromatic heterocycles. The van der Waals surface area contributed by atoms with E-state index >= 15 is 0 Å². The van der Waals surface area contributed by atoms with Gasteiger partial charge in [-0.3, -0.25) is 14.5 Å². The molecule has 0 radical (unpaired) electrons. The van der Waals surface area contributed by atoms with Crippen LogP contribution in [0.5, 0.6) is 0 Å². The number of hydrogen-bond acceptors (Lipinski definition) is 4. The summed E-state index contributed by atoms with van der Waals surface area (Å²) in [5, 5.41) is 13.1. The van der Waals surface area contributed by atoms with E-state index in [9.17, 15) is 14.9 Å². The van der Waals surface area contributed by atoms with E-state index in [4.69, 9.17) is 11.6 Å². The van der Waals surface area contributed by atoms with Crippen LogP contribution in [0.4, 0.5) is 11.4 Å². The van der Waals surface area contributed by atoms with Gasteiger partial charge in [0.1, 0.15) is 16.7 Å². The average molecular weight is 488 g/mol. The largest absolute Gasteiger partial charge is 0.321 e. The minimum atomic E-state index is -0.554. The number of aryl methyl sites for hydroxylation is 2. The van der Waals surface area contributed by atoms with Crippen LogP contribution in [0.25, 0.3) is 0 Å². The minimum absolute atomic E-state index is 0.104. The number of carbonyl (C=O) groups is 2. The lowest BCUT2D eigenvalue weighted by atomic mass is 10.1. The minimum Gasteiger partial charge on any atom is -0.321 e. The van der Waals surface area contributed by atoms with Crippen molar-refractivity contribution in [1.82, 2.24) is 0 Å². The maximum Gasteiger partial charge on any atom is 0.269 e. The van der Waals surface area contributed by atoms with Crippen molar-refractivity contribution >= 4 is 46.6 Å². The van der Waals surface area contributed by atoms with Gasteiger partial charge in [-0.05, 0) is 62.2 Å². The number of thioether (sulfide) groups is 1. The Bertz CT molecular complexity index is 1310. The van der Waals surface area contributed by atoms with Gasteiger partial charge in [0.05, 0.1) is 5.25 Å². The first-order valence-corrected chi connectivity index (χ1v) is 12.0. The summed E-state index contributed by atoms with van der Waals surface area (Å²) >= 11 is 7.36. The standard InChI is InChI=1S/C27H22ClN3O2S/c1-17-6-10-21(11-7-17)30-25(32)23(16-29)27-31(22-12-8-18(2)9-13-22)26(33)24(34-27)15-19-4-3-5-20(28)14-19/h3-14,24H,15H2,1-2H3,(H,30,32)/b27-23-/t24-/m0/s1. The molecule has 0 aliphatic carbocycles. The zero-order valence-corrected chi connectivity index (χ0v) is 20.3. The normalized spacial score (nSPS) is 16.8. The third-order valence-electron chi connectivity index (χ3n) is 5.42. The molecule has 0 spiro atoms. The van der Waals surface area contributed by atoms with Gasteiger partial charge in [0.15, 0.2) is 0 Å². The van der Waals surface area contributed by atoms with Crippen molar-refractivity contribution in [1.29, 1.82) is 5.26 Å². The molecular weight excluding hydrogens is 466 g/mol. The topological polar surface area (TPSA) is 73.2 Å². The number of nitrogens with one attached hydrogen (secondary N) is 1. The molecule has 0 saturated carbocycles. The fourth-order valence-corrected chi connectivity index (χ4v) is 5.15. The fourth-order valence-electron chi connectivity index (χ4n) is 3.62. The van der Waals surface area contributed by atoms with Crippen molar-refractivity contribution in [2.45, 2.75) is 25.5 Å². The lowest BCUT2D eigenvalue weighted by molar-refractivity contribution is -0.117. The van der Waals surface area contributed by atoms with E-state index in [0.29, 0.717) is 27.8 Å². The number of halogens is 1. The molecule has 1 fully saturated rings. The highest BCUT2D eigenvalue weighted by atomic mass is 35.5. The van der Waals surface area contributed by atoms with Gasteiger partial charge in [-0.1, -0.05) is 70.9 Å². The first kappa shape index (κ1) is 23.6. The molecule has 1 N–H and O–H groups in total. The highest BCUT2D eigenvalue weighted by Gasteiger charge is 2.40. The van der Waals surface area contributed by atoms with Gasteiger partial charge in [0, 0.05) is 16.4 Å². The Labute approximate surface area is 208 Å². The van der Waals surface area contributed by atoms with E-state index in [1.165, 1.54) is 16.7 Å². The Balaban J connectivity index is 1.72. The number of amides is 2. The molecule has 4 rings (SSSR count). The van der Waals surface area contributed by atoms with Crippen LogP contribution in [-0.4, -0.2) is 17.1 Å². The predicted octanol–water partition coefficient (Wildman–Crippen LogP) is 6.02. The Morgan fingerprint density at radius 2 is 1.71 bits per heavy atom. The second-order valence-corrected chi connectivity index (χ2v) is 9.69. The maximum atomic E-state index is 13.5. The van der Waals surface area contributed by atoms with E-state index in [0.717, 1.165) is 16.7 Å². The van der Waals surface area contributed by atoms with Gasteiger partial charge in [0.25, 0.3) is 5.91 Å². The molecule has 1 aliphatic heterocycles. The summed E-state index contributed by atoms with van der Waals surface area (Å²) in [7, 11) is 0. The summed E-state index contributed by atoms with van der Waals surface area (Å²) in [4.78, 5) is 28.1. The number of carbonyl (C=O) groups excluding carboxylic acids is 2. The Kier molecular flexibility index (Phi) is 7.06. The van der Waals surface area contributed by atoms with E-state index in [1.54, 1.807) is 18.2 Å². The molecule has 170 valence electrons. The van der Waals surface area contributed by atoms with Gasteiger partial charge in [-0.15, -0.1) is 0 Å². The fraction of sp³-hybridized carbons (Fsp3) is 0.148. The average Bonchev–Trinajstić information content (AvgIpc) is 3.12. The second-order valence-electron chi connectivity index (χ2n) is 8.06. The summed E-state index contributed by atoms with van der Waals surface area (Å²) in [5.74, 6) is -0.734. The number of nitriles is 1. The van der Waals surface area contributed by atoms with Crippen LogP contribution in [0.2, 0.25) is 5.02 Å². The van der Waals surface area contributed by atoms with Crippen LogP contribution in [0.3, 0.4) is 0 Å². The number of rotatable bonds is 5. The zero-order valence-electron chi connectivity index (χ0n) is 18.7. The summed E-state index contributed by atoms with van der Waals surface area (Å²) in [6, 6.07) is 24.1. The number of hydrogen-bond donors (Lipinski definition) is 1. The van der Waals surface area contributed by atoms with Crippen molar-refractivity contribution in [2.24, 2.45) is 0 Å². The predicted molar refractivity (Wildman–Crippen MR) is 138 cm³/mol. The highest BCUT2D eigenvalue weighted by molar-refractivity contribution is 8.05. The van der Waals surface area contributed by atoms with E-state index in [1.807, 2.05) is 74.5 Å². The van der Waals surface area contributed by atoms with Gasteiger partial charge in [0.2, 0.25) is 5.91 Å². The van der Waals surface area contributed by atoms with Crippen molar-refractivity contribution in [2.75, 3.05) is 10.2 Å². The Hall–Kier alpha value is -3.53. The Morgan fingerprint density at radius 3 is 2.32 bits per heavy atom. The SMILES string of the molecule is Cc1ccc(NC(=O)/C(C#N)=C2\S[C@@H](Cc3cccc(Cl)c3)C(=O)N2c2ccc(C)cc2)cc1. The molecule has 1 saturated heterocycles. The monoisotopic (exact) mass is 487 g/mol. The summed E-state index contributed by atoms with van der Waals surface area (Å²) in [6.45, 7) is 3.91. The van der Waals surface area contributed by atoms with Gasteiger partial charge in [-0.2, -0.15) is 5.26 Å². The van der Waals surface area contributed by atoms with Gasteiger partial charge < -0.3 is 5.32 Å². The summed E-state index contributed by atoms with van der Waals surface area (Å²) < 4.78 is 0. The molecule has 7 heteroatoms. The molecule has 1 heterocycles. The molecule has 0 unspecified atom stereocenters. The lowest BCUT2D eigenvalue weighted by Gasteiger charge is -2.19. The van der Waals surface area contributed by atoms with Crippen molar-refractivity contribution in [3.05, 3.63) is 105 Å². The van der Waals surface area contributed by atoms with E-state index in [2.05, 4.69) is 5.32 Å². The molecule has 3 aromatic carbocycles. The van der Waals surface area contributed by atoms with Gasteiger partial charge >= 0.3 is 0 Å². The number of nitrogens with zero attached hydrogens (tertiary/aromatic N) is 2. The van der Waals surface area contributed by atoms with E-state index < -0.39 is 11.2 Å². The van der Waals surface area contributed by atoms with Gasteiger partial charge in [-0.25, -0.2) is 0 Å². The Morgan fingerprint density at radius 1 is 1.06 bits per heavy atom. The number of benzene rings is 3. The molecule has 1 atom stereocenters. The first-order valence-electron chi connectivity index (χ1n) is 10.7. The highest BCUT2D eigenvalue weighted by Crippen LogP contribution is 2.42. The summed E-state index contributed by atoms with van der Waals surface area (Å²) in [5.41, 5.74) is 4.10. The number of anilines is 2. The second kappa shape index (κ2) is 10.2. The first-order chi connectivity index (χ1) is 16.4. The zero-order chi connectivity index (χ0) is 24.2. The molecule has 5 nitrogen and oxygen atoms in total. The smallest absolute Gasteiger partial charge is 0.269 e. The third-order valence-corrected chi connectivity index (χ3v) is 6.92. The lowest BCUT2D eigenvalue weighted by Crippen LogP contribution is -2.30. The maximum absolute atomic E-state index is 13.5. The molecule has 0 bridgehead atoms.